The summed E-state index contributed by atoms with van der Waals surface area (Å²) in [5.41, 5.74) is 9.14. The molecule has 0 saturated carbocycles. The molecule has 0 fully saturated rings. The second-order valence-electron chi connectivity index (χ2n) is 3.70. The summed E-state index contributed by atoms with van der Waals surface area (Å²) in [5.74, 6) is -1.23. The van der Waals surface area contributed by atoms with Crippen LogP contribution in [0, 0.1) is 0 Å². The second-order valence-corrected chi connectivity index (χ2v) is 4.59. The molecule has 0 radical (unpaired) electrons. The van der Waals surface area contributed by atoms with Crippen LogP contribution in [0.15, 0.2) is 23.7 Å². The van der Waals surface area contributed by atoms with E-state index < -0.39 is 12.0 Å². The van der Waals surface area contributed by atoms with E-state index in [2.05, 4.69) is 4.98 Å². The van der Waals surface area contributed by atoms with Crippen LogP contribution in [0.5, 0.6) is 0 Å². The van der Waals surface area contributed by atoms with Crippen LogP contribution >= 0.6 is 11.3 Å². The highest BCUT2D eigenvalue weighted by molar-refractivity contribution is 7.16. The molecule has 2 aromatic rings. The van der Waals surface area contributed by atoms with E-state index in [-0.39, 0.29) is 5.92 Å². The summed E-state index contributed by atoms with van der Waals surface area (Å²) in [6, 6.07) is 4.86. The lowest BCUT2D eigenvalue weighted by Gasteiger charge is -2.16. The summed E-state index contributed by atoms with van der Waals surface area (Å²) in [6.45, 7) is 1.81. The van der Waals surface area contributed by atoms with Gasteiger partial charge in [0.2, 0.25) is 0 Å². The highest BCUT2D eigenvalue weighted by Crippen LogP contribution is 2.28. The van der Waals surface area contributed by atoms with Crippen molar-refractivity contribution in [2.45, 2.75) is 18.9 Å². The van der Waals surface area contributed by atoms with Crippen molar-refractivity contribution in [1.29, 1.82) is 0 Å². The zero-order chi connectivity index (χ0) is 11.7. The lowest BCUT2D eigenvalue weighted by Crippen LogP contribution is -2.35. The molecule has 4 nitrogen and oxygen atoms in total. The first-order valence-corrected chi connectivity index (χ1v) is 5.79. The molecule has 1 aromatic carbocycles. The fourth-order valence-electron chi connectivity index (χ4n) is 1.68. The van der Waals surface area contributed by atoms with Crippen LogP contribution in [0.1, 0.15) is 18.4 Å². The lowest BCUT2D eigenvalue weighted by molar-refractivity contribution is -0.138. The Morgan fingerprint density at radius 2 is 2.31 bits per heavy atom. The van der Waals surface area contributed by atoms with Crippen molar-refractivity contribution in [1.82, 2.24) is 4.98 Å². The average molecular weight is 236 g/mol. The van der Waals surface area contributed by atoms with Crippen molar-refractivity contribution in [3.05, 3.63) is 29.3 Å². The van der Waals surface area contributed by atoms with Crippen molar-refractivity contribution >= 4 is 27.5 Å². The fourth-order valence-corrected chi connectivity index (χ4v) is 2.39. The van der Waals surface area contributed by atoms with E-state index in [9.17, 15) is 4.79 Å². The summed E-state index contributed by atoms with van der Waals surface area (Å²) >= 11 is 1.54. The number of carboxylic acid groups (broad SMARTS) is 1. The number of carbonyl (C=O) groups is 1. The molecule has 0 spiro atoms. The van der Waals surface area contributed by atoms with Gasteiger partial charge in [-0.25, -0.2) is 4.98 Å². The van der Waals surface area contributed by atoms with Crippen LogP contribution in [0.3, 0.4) is 0 Å². The Morgan fingerprint density at radius 3 is 3.00 bits per heavy atom. The maximum atomic E-state index is 10.8. The fraction of sp³-hybridized carbons (Fsp3) is 0.273. The van der Waals surface area contributed by atoms with Gasteiger partial charge in [-0.15, -0.1) is 11.3 Å². The molecule has 2 rings (SSSR count). The minimum Gasteiger partial charge on any atom is -0.480 e. The van der Waals surface area contributed by atoms with Crippen LogP contribution in [0.4, 0.5) is 0 Å². The molecule has 0 unspecified atom stereocenters. The molecule has 0 amide bonds. The first-order valence-electron chi connectivity index (χ1n) is 4.91. The highest BCUT2D eigenvalue weighted by Gasteiger charge is 2.23. The van der Waals surface area contributed by atoms with E-state index in [0.29, 0.717) is 0 Å². The van der Waals surface area contributed by atoms with Crippen LogP contribution in [-0.4, -0.2) is 22.1 Å². The maximum Gasteiger partial charge on any atom is 0.321 e. The SMILES string of the molecule is C[C@H](c1cccc2scnc12)[C@H](N)C(=O)O. The number of aromatic nitrogens is 1. The normalized spacial score (nSPS) is 14.9. The second kappa shape index (κ2) is 4.19. The molecule has 3 N–H and O–H groups in total. The van der Waals surface area contributed by atoms with Gasteiger partial charge in [0.25, 0.3) is 0 Å². The Morgan fingerprint density at radius 1 is 1.56 bits per heavy atom. The van der Waals surface area contributed by atoms with Crippen LogP contribution in [-0.2, 0) is 4.79 Å². The first-order chi connectivity index (χ1) is 7.61. The van der Waals surface area contributed by atoms with E-state index in [0.717, 1.165) is 15.8 Å². The molecule has 0 bridgehead atoms. The van der Waals surface area contributed by atoms with Crippen molar-refractivity contribution in [3.8, 4) is 0 Å². The van der Waals surface area contributed by atoms with Gasteiger partial charge in [-0.2, -0.15) is 0 Å². The largest absolute Gasteiger partial charge is 0.480 e. The number of nitrogens with two attached hydrogens (primary N) is 1. The number of carboxylic acids is 1. The van der Waals surface area contributed by atoms with Gasteiger partial charge in [0.15, 0.2) is 0 Å². The highest BCUT2D eigenvalue weighted by atomic mass is 32.1. The Balaban J connectivity index is 2.46. The molecule has 0 aliphatic carbocycles. The van der Waals surface area contributed by atoms with Gasteiger partial charge < -0.3 is 10.8 Å². The number of hydrogen-bond donors (Lipinski definition) is 2. The van der Waals surface area contributed by atoms with E-state index >= 15 is 0 Å². The predicted molar refractivity (Wildman–Crippen MR) is 63.6 cm³/mol. The Labute approximate surface area is 96.7 Å². The van der Waals surface area contributed by atoms with Gasteiger partial charge in [-0.1, -0.05) is 19.1 Å². The summed E-state index contributed by atoms with van der Waals surface area (Å²) < 4.78 is 1.06. The molecule has 2 atom stereocenters. The van der Waals surface area contributed by atoms with Crippen LogP contribution < -0.4 is 5.73 Å². The topological polar surface area (TPSA) is 76.2 Å². The monoisotopic (exact) mass is 236 g/mol. The van der Waals surface area contributed by atoms with Crippen molar-refractivity contribution in [2.75, 3.05) is 0 Å². The first kappa shape index (κ1) is 11.0. The van der Waals surface area contributed by atoms with Crippen LogP contribution in [0.2, 0.25) is 0 Å². The number of thiazole rings is 1. The minimum atomic E-state index is -0.986. The standard InChI is InChI=1S/C11H12N2O2S/c1-6(9(12)11(14)15)7-3-2-4-8-10(7)13-5-16-8/h2-6,9H,12H2,1H3,(H,14,15)/t6-,9+/m1/s1. The molecular weight excluding hydrogens is 224 g/mol. The third kappa shape index (κ3) is 1.79. The van der Waals surface area contributed by atoms with E-state index in [1.54, 1.807) is 5.51 Å². The molecule has 5 heteroatoms. The van der Waals surface area contributed by atoms with E-state index in [1.165, 1.54) is 11.3 Å². The van der Waals surface area contributed by atoms with Crippen LogP contribution in [0.25, 0.3) is 10.2 Å². The predicted octanol–water partition coefficient (Wildman–Crippen LogP) is 1.81. The van der Waals surface area contributed by atoms with Gasteiger partial charge in [-0.3, -0.25) is 4.79 Å². The summed E-state index contributed by atoms with van der Waals surface area (Å²) in [6.07, 6.45) is 0. The number of nitrogens with zero attached hydrogens (tertiary/aromatic N) is 1. The van der Waals surface area contributed by atoms with E-state index in [1.807, 2.05) is 25.1 Å². The molecule has 16 heavy (non-hydrogen) atoms. The Hall–Kier alpha value is -1.46. The van der Waals surface area contributed by atoms with Gasteiger partial charge in [-0.05, 0) is 11.6 Å². The lowest BCUT2D eigenvalue weighted by atomic mass is 9.93. The smallest absolute Gasteiger partial charge is 0.321 e. The Kier molecular flexibility index (Phi) is 2.89. The number of aliphatic carboxylic acids is 1. The third-order valence-corrected chi connectivity index (χ3v) is 3.50. The molecule has 1 aromatic heterocycles. The van der Waals surface area contributed by atoms with Gasteiger partial charge in [0.05, 0.1) is 15.7 Å². The minimum absolute atomic E-state index is 0.247. The number of para-hydroxylation sites is 1. The van der Waals surface area contributed by atoms with E-state index in [4.69, 9.17) is 10.8 Å². The Bertz CT molecular complexity index is 523. The maximum absolute atomic E-state index is 10.8. The van der Waals surface area contributed by atoms with Crippen molar-refractivity contribution in [3.63, 3.8) is 0 Å². The summed E-state index contributed by atoms with van der Waals surface area (Å²) in [7, 11) is 0. The zero-order valence-corrected chi connectivity index (χ0v) is 9.57. The average Bonchev–Trinajstić information content (AvgIpc) is 2.74. The van der Waals surface area contributed by atoms with Gasteiger partial charge in [0, 0.05) is 5.92 Å². The summed E-state index contributed by atoms with van der Waals surface area (Å²) in [4.78, 5) is 15.1. The number of fused-ring (bicyclic) bond motifs is 1. The van der Waals surface area contributed by atoms with Gasteiger partial charge in [0.1, 0.15) is 6.04 Å². The number of benzene rings is 1. The molecule has 84 valence electrons. The molecule has 0 aliphatic heterocycles. The van der Waals surface area contributed by atoms with Gasteiger partial charge >= 0.3 is 5.97 Å². The van der Waals surface area contributed by atoms with Crippen molar-refractivity contribution < 1.29 is 9.90 Å². The quantitative estimate of drug-likeness (QED) is 0.852. The number of rotatable bonds is 3. The molecular formula is C11H12N2O2S. The zero-order valence-electron chi connectivity index (χ0n) is 8.75. The van der Waals surface area contributed by atoms with Crippen molar-refractivity contribution in [2.24, 2.45) is 5.73 Å². The molecule has 0 saturated heterocycles. The summed E-state index contributed by atoms with van der Waals surface area (Å²) in [5, 5.41) is 8.89. The molecule has 0 aliphatic rings. The third-order valence-electron chi connectivity index (χ3n) is 2.71. The number of hydrogen-bond acceptors (Lipinski definition) is 4. The molecule has 1 heterocycles.